The van der Waals surface area contributed by atoms with Gasteiger partial charge in [0.2, 0.25) is 0 Å². The zero-order valence-corrected chi connectivity index (χ0v) is 12.2. The number of nitrogens with two attached hydrogens (primary N) is 1. The van der Waals surface area contributed by atoms with E-state index < -0.39 is 0 Å². The van der Waals surface area contributed by atoms with Gasteiger partial charge in [-0.15, -0.1) is 0 Å². The fraction of sp³-hybridized carbons (Fsp3) is 0.533. The van der Waals surface area contributed by atoms with Gasteiger partial charge in [-0.1, -0.05) is 30.7 Å². The first kappa shape index (κ1) is 14.4. The van der Waals surface area contributed by atoms with Gasteiger partial charge in [0.05, 0.1) is 11.7 Å². The zero-order valence-electron chi connectivity index (χ0n) is 11.4. The number of likely N-dealkylation sites (N-methyl/N-ethyl adjacent to an activating group) is 1. The number of halogens is 1. The van der Waals surface area contributed by atoms with E-state index in [1.807, 2.05) is 0 Å². The summed E-state index contributed by atoms with van der Waals surface area (Å²) >= 11 is 6.07. The molecule has 0 amide bonds. The van der Waals surface area contributed by atoms with Crippen LogP contribution in [0.1, 0.15) is 25.7 Å². The average molecular weight is 280 g/mol. The van der Waals surface area contributed by atoms with E-state index in [0.717, 1.165) is 11.6 Å². The summed E-state index contributed by atoms with van der Waals surface area (Å²) in [6, 6.07) is 1.05. The van der Waals surface area contributed by atoms with E-state index in [0.29, 0.717) is 17.3 Å². The molecule has 1 saturated heterocycles. The highest BCUT2D eigenvalue weighted by Crippen LogP contribution is 2.42. The first-order valence-corrected chi connectivity index (χ1v) is 7.21. The van der Waals surface area contributed by atoms with E-state index in [1.54, 1.807) is 18.2 Å². The van der Waals surface area contributed by atoms with Crippen molar-refractivity contribution < 1.29 is 0 Å². The van der Waals surface area contributed by atoms with Gasteiger partial charge < -0.3 is 5.73 Å². The molecule has 3 nitrogen and oxygen atoms in total. The number of likely N-dealkylation sites (tertiary alicyclic amines) is 1. The molecule has 1 saturated carbocycles. The second-order valence-corrected chi connectivity index (χ2v) is 5.73. The minimum atomic E-state index is 0.336. The van der Waals surface area contributed by atoms with Gasteiger partial charge >= 0.3 is 0 Å². The van der Waals surface area contributed by atoms with Gasteiger partial charge in [-0.05, 0) is 50.6 Å². The van der Waals surface area contributed by atoms with Crippen molar-refractivity contribution >= 4 is 16.8 Å². The normalized spacial score (nSPS) is 32.5. The standard InChI is InChI=1S/C15H22ClN3/c1-11(18-15(16)8-3-4-9-17)14-10-12-6-5-7-13(12)19(14)2/h3-4,8-9,12-14H,1,5-7,10,17H2,2H3/b8-3-,9-4+,18-15+. The molecule has 2 N–H and O–H groups in total. The summed E-state index contributed by atoms with van der Waals surface area (Å²) in [6.07, 6.45) is 11.9. The smallest absolute Gasteiger partial charge is 0.129 e. The van der Waals surface area contributed by atoms with Crippen LogP contribution in [0.15, 0.2) is 41.7 Å². The number of rotatable bonds is 4. The Morgan fingerprint density at radius 1 is 1.42 bits per heavy atom. The first-order valence-electron chi connectivity index (χ1n) is 6.83. The molecule has 0 bridgehead atoms. The largest absolute Gasteiger partial charge is 0.405 e. The van der Waals surface area contributed by atoms with Crippen LogP contribution in [0.4, 0.5) is 0 Å². The first-order chi connectivity index (χ1) is 9.13. The third-order valence-corrected chi connectivity index (χ3v) is 4.46. The molecule has 3 atom stereocenters. The van der Waals surface area contributed by atoms with Gasteiger partial charge in [0.25, 0.3) is 0 Å². The van der Waals surface area contributed by atoms with Crippen LogP contribution in [-0.4, -0.2) is 29.2 Å². The van der Waals surface area contributed by atoms with Gasteiger partial charge in [0.1, 0.15) is 5.17 Å². The summed E-state index contributed by atoms with van der Waals surface area (Å²) in [5, 5.41) is 0.452. The van der Waals surface area contributed by atoms with Crippen LogP contribution in [0.3, 0.4) is 0 Å². The van der Waals surface area contributed by atoms with E-state index in [1.165, 1.54) is 31.9 Å². The Morgan fingerprint density at radius 3 is 2.89 bits per heavy atom. The lowest BCUT2D eigenvalue weighted by Gasteiger charge is -2.24. The molecule has 0 aromatic carbocycles. The Hall–Kier alpha value is -1.06. The average Bonchev–Trinajstić information content (AvgIpc) is 2.93. The number of hydrogen-bond acceptors (Lipinski definition) is 3. The molecule has 104 valence electrons. The van der Waals surface area contributed by atoms with E-state index in [2.05, 4.69) is 23.5 Å². The molecule has 2 rings (SSSR count). The number of hydrogen-bond donors (Lipinski definition) is 1. The Bertz CT molecular complexity index is 425. The Morgan fingerprint density at radius 2 is 2.21 bits per heavy atom. The van der Waals surface area contributed by atoms with Crippen molar-refractivity contribution in [1.29, 1.82) is 0 Å². The summed E-state index contributed by atoms with van der Waals surface area (Å²) in [5.41, 5.74) is 6.11. The maximum atomic E-state index is 6.07. The van der Waals surface area contributed by atoms with E-state index >= 15 is 0 Å². The Balaban J connectivity index is 1.99. The highest BCUT2D eigenvalue weighted by atomic mass is 35.5. The van der Waals surface area contributed by atoms with Crippen LogP contribution < -0.4 is 5.73 Å². The molecule has 2 aliphatic rings. The summed E-state index contributed by atoms with van der Waals surface area (Å²) in [4.78, 5) is 6.82. The van der Waals surface area contributed by atoms with Gasteiger partial charge in [-0.3, -0.25) is 4.90 Å². The number of fused-ring (bicyclic) bond motifs is 1. The molecule has 1 aliphatic heterocycles. The molecule has 0 spiro atoms. The van der Waals surface area contributed by atoms with Crippen LogP contribution in [0.5, 0.6) is 0 Å². The SMILES string of the molecule is C=C(\N=C(Cl)/C=C\C=C\N)C1CC2CCCC2N1C. The van der Waals surface area contributed by atoms with E-state index in [4.69, 9.17) is 17.3 Å². The van der Waals surface area contributed by atoms with Crippen LogP contribution in [0, 0.1) is 5.92 Å². The number of nitrogens with zero attached hydrogens (tertiary/aromatic N) is 2. The lowest BCUT2D eigenvalue weighted by molar-refractivity contribution is 0.253. The number of allylic oxidation sites excluding steroid dienone is 3. The molecular weight excluding hydrogens is 258 g/mol. The fourth-order valence-corrected chi connectivity index (χ4v) is 3.51. The van der Waals surface area contributed by atoms with Crippen LogP contribution >= 0.6 is 11.6 Å². The third kappa shape index (κ3) is 3.28. The highest BCUT2D eigenvalue weighted by Gasteiger charge is 2.42. The van der Waals surface area contributed by atoms with Crippen molar-refractivity contribution in [3.63, 3.8) is 0 Å². The van der Waals surface area contributed by atoms with Crippen molar-refractivity contribution in [2.75, 3.05) is 7.05 Å². The molecule has 4 heteroatoms. The lowest BCUT2D eigenvalue weighted by Crippen LogP contribution is -2.32. The highest BCUT2D eigenvalue weighted by molar-refractivity contribution is 6.68. The predicted octanol–water partition coefficient (Wildman–Crippen LogP) is 3.04. The second-order valence-electron chi connectivity index (χ2n) is 5.35. The van der Waals surface area contributed by atoms with E-state index in [9.17, 15) is 0 Å². The minimum Gasteiger partial charge on any atom is -0.405 e. The maximum Gasteiger partial charge on any atom is 0.129 e. The maximum absolute atomic E-state index is 6.07. The Labute approximate surface area is 120 Å². The summed E-state index contributed by atoms with van der Waals surface area (Å²) < 4.78 is 0. The summed E-state index contributed by atoms with van der Waals surface area (Å²) in [6.45, 7) is 4.09. The van der Waals surface area contributed by atoms with Gasteiger partial charge in [-0.25, -0.2) is 4.99 Å². The summed E-state index contributed by atoms with van der Waals surface area (Å²) in [5.74, 6) is 0.816. The lowest BCUT2D eigenvalue weighted by atomic mass is 10.0. The van der Waals surface area contributed by atoms with Crippen molar-refractivity contribution in [1.82, 2.24) is 4.90 Å². The molecule has 1 aliphatic carbocycles. The number of aliphatic imine (C=N–C) groups is 1. The predicted molar refractivity (Wildman–Crippen MR) is 82.2 cm³/mol. The second kappa shape index (κ2) is 6.40. The molecule has 19 heavy (non-hydrogen) atoms. The minimum absolute atomic E-state index is 0.336. The van der Waals surface area contributed by atoms with Crippen molar-refractivity contribution in [3.8, 4) is 0 Å². The monoisotopic (exact) mass is 279 g/mol. The van der Waals surface area contributed by atoms with Crippen LogP contribution in [0.25, 0.3) is 0 Å². The molecule has 0 aromatic heterocycles. The van der Waals surface area contributed by atoms with Crippen molar-refractivity contribution in [3.05, 3.63) is 36.7 Å². The molecule has 0 radical (unpaired) electrons. The molecule has 1 heterocycles. The zero-order chi connectivity index (χ0) is 13.8. The third-order valence-electron chi connectivity index (χ3n) is 4.25. The topological polar surface area (TPSA) is 41.6 Å². The molecular formula is C15H22ClN3. The van der Waals surface area contributed by atoms with Crippen molar-refractivity contribution in [2.24, 2.45) is 16.6 Å². The van der Waals surface area contributed by atoms with E-state index in [-0.39, 0.29) is 0 Å². The summed E-state index contributed by atoms with van der Waals surface area (Å²) in [7, 11) is 2.18. The molecule has 2 fully saturated rings. The van der Waals surface area contributed by atoms with Crippen LogP contribution in [0.2, 0.25) is 0 Å². The van der Waals surface area contributed by atoms with Gasteiger partial charge in [-0.2, -0.15) is 0 Å². The fourth-order valence-electron chi connectivity index (χ4n) is 3.33. The van der Waals surface area contributed by atoms with Crippen molar-refractivity contribution in [2.45, 2.75) is 37.8 Å². The van der Waals surface area contributed by atoms with Gasteiger partial charge in [0.15, 0.2) is 0 Å². The molecule has 3 unspecified atom stereocenters. The molecule has 0 aromatic rings. The Kier molecular flexibility index (Phi) is 4.83. The van der Waals surface area contributed by atoms with Crippen LogP contribution in [-0.2, 0) is 0 Å². The quantitative estimate of drug-likeness (QED) is 0.635. The van der Waals surface area contributed by atoms with Gasteiger partial charge in [0, 0.05) is 6.04 Å².